The number of nitrogens with one attached hydrogen (secondary N) is 2. The average Bonchev–Trinajstić information content (AvgIpc) is 3.26. The van der Waals surface area contributed by atoms with E-state index in [0.29, 0.717) is 51.7 Å². The van der Waals surface area contributed by atoms with Crippen LogP contribution in [0.15, 0.2) is 108 Å². The number of nitrogens with zero attached hydrogens (tertiary/aromatic N) is 1. The van der Waals surface area contributed by atoms with Crippen LogP contribution in [0.2, 0.25) is 10.0 Å². The van der Waals surface area contributed by atoms with Gasteiger partial charge in [-0.1, -0.05) is 71.7 Å². The lowest BCUT2D eigenvalue weighted by Gasteiger charge is -2.14. The molecule has 1 aliphatic heterocycles. The van der Waals surface area contributed by atoms with E-state index in [-0.39, 0.29) is 22.5 Å². The number of imide groups is 1. The summed E-state index contributed by atoms with van der Waals surface area (Å²) < 4.78 is 0. The Hall–Kier alpha value is -4.37. The van der Waals surface area contributed by atoms with Crippen LogP contribution in [-0.2, 0) is 4.79 Å². The number of thioether (sulfide) groups is 1. The maximum Gasteiger partial charge on any atom is 0.272 e. The highest BCUT2D eigenvalue weighted by molar-refractivity contribution is 7.99. The summed E-state index contributed by atoms with van der Waals surface area (Å²) in [7, 11) is 0. The molecule has 0 bridgehead atoms. The quantitative estimate of drug-likeness (QED) is 0.0838. The Morgan fingerprint density at radius 2 is 1.49 bits per heavy atom. The zero-order chi connectivity index (χ0) is 30.3. The van der Waals surface area contributed by atoms with Crippen molar-refractivity contribution < 1.29 is 19.2 Å². The number of rotatable bonds is 10. The summed E-state index contributed by atoms with van der Waals surface area (Å²) >= 11 is 14.1. The Bertz CT molecular complexity index is 1710. The maximum atomic E-state index is 13.4. The number of amides is 4. The van der Waals surface area contributed by atoms with Gasteiger partial charge < -0.3 is 10.6 Å². The number of carbonyl (C=O) groups is 4. The van der Waals surface area contributed by atoms with Gasteiger partial charge in [-0.3, -0.25) is 24.1 Å². The fourth-order valence-electron chi connectivity index (χ4n) is 4.45. The second-order valence-electron chi connectivity index (χ2n) is 9.51. The van der Waals surface area contributed by atoms with E-state index in [4.69, 9.17) is 23.2 Å². The first-order valence-electron chi connectivity index (χ1n) is 13.3. The molecule has 0 fully saturated rings. The third-order valence-electron chi connectivity index (χ3n) is 6.57. The normalized spacial score (nSPS) is 12.7. The first-order valence-corrected chi connectivity index (χ1v) is 15.1. The fraction of sp³-hybridized carbons (Fsp3) is 0.0909. The zero-order valence-electron chi connectivity index (χ0n) is 22.7. The molecule has 0 radical (unpaired) electrons. The van der Waals surface area contributed by atoms with Gasteiger partial charge in [0, 0.05) is 22.7 Å². The molecule has 2 N–H and O–H groups in total. The fourth-order valence-corrected chi connectivity index (χ4v) is 5.70. The van der Waals surface area contributed by atoms with Gasteiger partial charge in [0.05, 0.1) is 21.2 Å². The molecular formula is C33H25Cl2N3O4S. The molecule has 0 atom stereocenters. The molecule has 0 aromatic heterocycles. The van der Waals surface area contributed by atoms with Crippen molar-refractivity contribution in [1.29, 1.82) is 0 Å². The van der Waals surface area contributed by atoms with E-state index in [9.17, 15) is 19.2 Å². The largest absolute Gasteiger partial charge is 0.321 e. The van der Waals surface area contributed by atoms with E-state index >= 15 is 0 Å². The van der Waals surface area contributed by atoms with Crippen LogP contribution in [0.25, 0.3) is 6.08 Å². The lowest BCUT2D eigenvalue weighted by molar-refractivity contribution is -0.113. The molecule has 0 spiro atoms. The Labute approximate surface area is 262 Å². The van der Waals surface area contributed by atoms with Gasteiger partial charge in [-0.25, -0.2) is 0 Å². The molecule has 43 heavy (non-hydrogen) atoms. The van der Waals surface area contributed by atoms with Crippen molar-refractivity contribution in [3.05, 3.63) is 135 Å². The van der Waals surface area contributed by atoms with Gasteiger partial charge in [-0.05, 0) is 72.3 Å². The molecule has 5 rings (SSSR count). The van der Waals surface area contributed by atoms with Crippen LogP contribution in [0.4, 0.5) is 5.69 Å². The van der Waals surface area contributed by atoms with Gasteiger partial charge in [0.15, 0.2) is 0 Å². The van der Waals surface area contributed by atoms with Gasteiger partial charge in [0.25, 0.3) is 23.6 Å². The van der Waals surface area contributed by atoms with Gasteiger partial charge in [0.1, 0.15) is 5.70 Å². The minimum absolute atomic E-state index is 0.0166. The van der Waals surface area contributed by atoms with E-state index in [1.54, 1.807) is 78.9 Å². The topological polar surface area (TPSA) is 95.6 Å². The van der Waals surface area contributed by atoms with Crippen LogP contribution in [0.5, 0.6) is 0 Å². The number of hydrogen-bond acceptors (Lipinski definition) is 5. The van der Waals surface area contributed by atoms with E-state index in [1.807, 2.05) is 18.2 Å². The Morgan fingerprint density at radius 3 is 2.21 bits per heavy atom. The van der Waals surface area contributed by atoms with Crippen molar-refractivity contribution in [3.8, 4) is 0 Å². The molecule has 0 unspecified atom stereocenters. The standard InChI is InChI=1S/C33H25Cl2N3O4S/c34-27-16-6-11-22(29(27)35)19-28(37-30(39)21-9-2-1-3-10-21)31(40)36-23-12-7-13-24(20-23)43-18-8-17-38-32(41)25-14-4-5-15-26(25)33(38)42/h1-7,9-16,19-20H,8,17-18H2,(H,36,40)(H,37,39)/b28-19+. The minimum atomic E-state index is -0.548. The van der Waals surface area contributed by atoms with Gasteiger partial charge in [0.2, 0.25) is 0 Å². The van der Waals surface area contributed by atoms with Crippen molar-refractivity contribution in [2.75, 3.05) is 17.6 Å². The van der Waals surface area contributed by atoms with Gasteiger partial charge >= 0.3 is 0 Å². The highest BCUT2D eigenvalue weighted by atomic mass is 35.5. The number of carbonyl (C=O) groups excluding carboxylic acids is 4. The van der Waals surface area contributed by atoms with E-state index in [1.165, 1.54) is 22.7 Å². The highest BCUT2D eigenvalue weighted by Gasteiger charge is 2.34. The second kappa shape index (κ2) is 13.7. The van der Waals surface area contributed by atoms with Crippen molar-refractivity contribution in [2.24, 2.45) is 0 Å². The summed E-state index contributed by atoms with van der Waals surface area (Å²) in [5.41, 5.74) is 2.24. The maximum absolute atomic E-state index is 13.4. The summed E-state index contributed by atoms with van der Waals surface area (Å²) in [4.78, 5) is 53.7. The van der Waals surface area contributed by atoms with Crippen LogP contribution >= 0.6 is 35.0 Å². The van der Waals surface area contributed by atoms with E-state index in [0.717, 1.165) is 4.90 Å². The summed E-state index contributed by atoms with van der Waals surface area (Å²) in [5, 5.41) is 6.10. The second-order valence-corrected chi connectivity index (χ2v) is 11.5. The Balaban J connectivity index is 1.24. The lowest BCUT2D eigenvalue weighted by Crippen LogP contribution is -2.31. The van der Waals surface area contributed by atoms with Crippen molar-refractivity contribution in [2.45, 2.75) is 11.3 Å². The first kappa shape index (κ1) is 30.1. The molecule has 4 amide bonds. The molecule has 10 heteroatoms. The monoisotopic (exact) mass is 629 g/mol. The molecule has 0 aliphatic carbocycles. The molecule has 7 nitrogen and oxygen atoms in total. The van der Waals surface area contributed by atoms with E-state index in [2.05, 4.69) is 10.6 Å². The van der Waals surface area contributed by atoms with Crippen molar-refractivity contribution in [3.63, 3.8) is 0 Å². The first-order chi connectivity index (χ1) is 20.8. The molecule has 4 aromatic rings. The van der Waals surface area contributed by atoms with Gasteiger partial charge in [-0.15, -0.1) is 11.8 Å². The van der Waals surface area contributed by atoms with Crippen molar-refractivity contribution in [1.82, 2.24) is 10.2 Å². The summed E-state index contributed by atoms with van der Waals surface area (Å²) in [6, 6.07) is 27.7. The Morgan fingerprint density at radius 1 is 0.814 bits per heavy atom. The lowest BCUT2D eigenvalue weighted by atomic mass is 10.1. The number of halogens is 2. The van der Waals surface area contributed by atoms with Crippen molar-refractivity contribution >= 4 is 70.4 Å². The van der Waals surface area contributed by atoms with Gasteiger partial charge in [-0.2, -0.15) is 0 Å². The third-order valence-corrected chi connectivity index (χ3v) is 8.49. The molecule has 1 heterocycles. The number of benzene rings is 4. The average molecular weight is 631 g/mol. The number of hydrogen-bond donors (Lipinski definition) is 2. The molecular weight excluding hydrogens is 605 g/mol. The summed E-state index contributed by atoms with van der Waals surface area (Å²) in [6.07, 6.45) is 2.08. The van der Waals surface area contributed by atoms with Crippen LogP contribution in [-0.4, -0.2) is 40.8 Å². The predicted octanol–water partition coefficient (Wildman–Crippen LogP) is 7.18. The highest BCUT2D eigenvalue weighted by Crippen LogP contribution is 2.28. The SMILES string of the molecule is O=C(Nc1cccc(SCCCN2C(=O)c3ccccc3C2=O)c1)/C(=C\c1cccc(Cl)c1Cl)NC(=O)c1ccccc1. The third kappa shape index (κ3) is 7.17. The molecule has 4 aromatic carbocycles. The summed E-state index contributed by atoms with van der Waals surface area (Å²) in [6.45, 7) is 0.317. The number of anilines is 1. The predicted molar refractivity (Wildman–Crippen MR) is 171 cm³/mol. The molecule has 0 saturated heterocycles. The molecule has 216 valence electrons. The minimum Gasteiger partial charge on any atom is -0.321 e. The zero-order valence-corrected chi connectivity index (χ0v) is 25.0. The Kier molecular flexibility index (Phi) is 9.61. The van der Waals surface area contributed by atoms with Crippen LogP contribution < -0.4 is 10.6 Å². The molecule has 0 saturated carbocycles. The van der Waals surface area contributed by atoms with Crippen LogP contribution in [0, 0.1) is 0 Å². The van der Waals surface area contributed by atoms with Crippen LogP contribution in [0.3, 0.4) is 0 Å². The number of fused-ring (bicyclic) bond motifs is 1. The van der Waals surface area contributed by atoms with Crippen LogP contribution in [0.1, 0.15) is 43.1 Å². The van der Waals surface area contributed by atoms with E-state index < -0.39 is 11.8 Å². The smallest absolute Gasteiger partial charge is 0.272 e. The summed E-state index contributed by atoms with van der Waals surface area (Å²) in [5.74, 6) is -0.887. The molecule has 1 aliphatic rings.